The molecule has 0 N–H and O–H groups in total. The summed E-state index contributed by atoms with van der Waals surface area (Å²) in [5, 5.41) is 0. The zero-order valence-corrected chi connectivity index (χ0v) is 13.3. The second-order valence-corrected chi connectivity index (χ2v) is 6.34. The summed E-state index contributed by atoms with van der Waals surface area (Å²) in [6.07, 6.45) is 3.10. The molecule has 1 fully saturated rings. The van der Waals surface area contributed by atoms with Crippen LogP contribution < -0.4 is 9.64 Å². The molecule has 2 aromatic rings. The summed E-state index contributed by atoms with van der Waals surface area (Å²) in [6.45, 7) is 0.264. The van der Waals surface area contributed by atoms with Gasteiger partial charge in [-0.1, -0.05) is 18.6 Å². The number of benzene rings is 2. The molecule has 4 nitrogen and oxygen atoms in total. The Hall–Kier alpha value is -2.76. The Morgan fingerprint density at radius 1 is 1.00 bits per heavy atom. The Kier molecular flexibility index (Phi) is 3.75. The van der Waals surface area contributed by atoms with Crippen LogP contribution >= 0.6 is 0 Å². The lowest BCUT2D eigenvalue weighted by molar-refractivity contribution is 0.0926. The number of halogens is 2. The van der Waals surface area contributed by atoms with E-state index in [1.807, 2.05) is 0 Å². The monoisotopic (exact) mass is 343 g/mol. The summed E-state index contributed by atoms with van der Waals surface area (Å²) in [5.74, 6) is -3.18. The second-order valence-electron chi connectivity index (χ2n) is 6.34. The first-order chi connectivity index (χ1) is 12.1. The fraction of sp³-hybridized carbons (Fsp3) is 0.263. The van der Waals surface area contributed by atoms with Crippen LogP contribution in [0.4, 0.5) is 14.5 Å². The summed E-state index contributed by atoms with van der Waals surface area (Å²) >= 11 is 0. The van der Waals surface area contributed by atoms with Gasteiger partial charge in [0.2, 0.25) is 0 Å². The highest BCUT2D eigenvalue weighted by atomic mass is 19.1. The maximum Gasteiger partial charge on any atom is 0.266 e. The topological polar surface area (TPSA) is 46.6 Å². The van der Waals surface area contributed by atoms with Gasteiger partial charge < -0.3 is 4.74 Å². The van der Waals surface area contributed by atoms with Crippen molar-refractivity contribution in [3.05, 3.63) is 59.2 Å². The molecular weight excluding hydrogens is 328 g/mol. The average molecular weight is 343 g/mol. The smallest absolute Gasteiger partial charge is 0.266 e. The van der Waals surface area contributed by atoms with E-state index in [0.29, 0.717) is 5.92 Å². The number of fused-ring (bicyclic) bond motifs is 1. The highest BCUT2D eigenvalue weighted by Gasteiger charge is 2.37. The molecule has 1 aliphatic heterocycles. The number of rotatable bonds is 4. The number of hydrogen-bond donors (Lipinski definition) is 0. The van der Waals surface area contributed by atoms with Gasteiger partial charge >= 0.3 is 0 Å². The maximum absolute atomic E-state index is 14.3. The number of carbonyl (C=O) groups excluding carboxylic acids is 2. The van der Waals surface area contributed by atoms with Crippen LogP contribution in [0, 0.1) is 17.6 Å². The molecule has 0 atom stereocenters. The Labute approximate surface area is 143 Å². The van der Waals surface area contributed by atoms with E-state index in [9.17, 15) is 18.4 Å². The largest absolute Gasteiger partial charge is 0.487 e. The molecule has 0 spiro atoms. The third-order valence-electron chi connectivity index (χ3n) is 4.72. The van der Waals surface area contributed by atoms with Crippen LogP contribution in [0.15, 0.2) is 36.4 Å². The van der Waals surface area contributed by atoms with Gasteiger partial charge in [-0.05, 0) is 30.9 Å². The van der Waals surface area contributed by atoms with Gasteiger partial charge in [-0.25, -0.2) is 13.7 Å². The lowest BCUT2D eigenvalue weighted by Gasteiger charge is -2.25. The van der Waals surface area contributed by atoms with Crippen molar-refractivity contribution in [3.63, 3.8) is 0 Å². The quantitative estimate of drug-likeness (QED) is 0.790. The number of nitrogens with zero attached hydrogens (tertiary/aromatic N) is 1. The molecule has 6 heteroatoms. The van der Waals surface area contributed by atoms with Gasteiger partial charge in [0.15, 0.2) is 17.4 Å². The summed E-state index contributed by atoms with van der Waals surface area (Å²) < 4.78 is 33.9. The Balaban J connectivity index is 1.63. The Morgan fingerprint density at radius 3 is 2.04 bits per heavy atom. The first kappa shape index (κ1) is 15.7. The van der Waals surface area contributed by atoms with Crippen LogP contribution in [0.1, 0.15) is 40.0 Å². The lowest BCUT2D eigenvalue weighted by atomic mass is 9.86. The molecule has 1 saturated carbocycles. The number of carbonyl (C=O) groups is 2. The minimum atomic E-state index is -0.925. The zero-order chi connectivity index (χ0) is 17.6. The average Bonchev–Trinajstić information content (AvgIpc) is 2.80. The van der Waals surface area contributed by atoms with E-state index in [-0.39, 0.29) is 23.4 Å². The van der Waals surface area contributed by atoms with Crippen molar-refractivity contribution in [2.45, 2.75) is 19.3 Å². The molecule has 0 bridgehead atoms. The highest BCUT2D eigenvalue weighted by molar-refractivity contribution is 6.34. The summed E-state index contributed by atoms with van der Waals surface area (Å²) in [5.41, 5.74) is 0.300. The molecule has 128 valence electrons. The SMILES string of the molecule is O=C1c2ccccc2C(=O)N1c1cc(F)c(OCC2CCC2)c(F)c1. The molecule has 1 heterocycles. The maximum atomic E-state index is 14.3. The van der Waals surface area contributed by atoms with E-state index in [2.05, 4.69) is 0 Å². The molecule has 4 rings (SSSR count). The van der Waals surface area contributed by atoms with Crippen molar-refractivity contribution in [2.75, 3.05) is 11.5 Å². The van der Waals surface area contributed by atoms with Gasteiger partial charge in [-0.3, -0.25) is 9.59 Å². The molecule has 0 aromatic heterocycles. The Morgan fingerprint density at radius 2 is 1.56 bits per heavy atom. The number of ether oxygens (including phenoxy) is 1. The van der Waals surface area contributed by atoms with Crippen molar-refractivity contribution in [2.24, 2.45) is 5.92 Å². The van der Waals surface area contributed by atoms with E-state index in [0.717, 1.165) is 36.3 Å². The molecule has 1 aliphatic carbocycles. The minimum Gasteiger partial charge on any atom is -0.487 e. The second kappa shape index (κ2) is 5.95. The molecule has 25 heavy (non-hydrogen) atoms. The summed E-state index contributed by atoms with van der Waals surface area (Å²) in [7, 11) is 0. The highest BCUT2D eigenvalue weighted by Crippen LogP contribution is 2.34. The fourth-order valence-corrected chi connectivity index (χ4v) is 3.10. The molecule has 0 saturated heterocycles. The van der Waals surface area contributed by atoms with E-state index < -0.39 is 29.2 Å². The first-order valence-corrected chi connectivity index (χ1v) is 8.16. The molecule has 0 radical (unpaired) electrons. The molecule has 2 aliphatic rings. The van der Waals surface area contributed by atoms with Crippen LogP contribution in [0.3, 0.4) is 0 Å². The van der Waals surface area contributed by atoms with Gasteiger partial charge in [0, 0.05) is 12.1 Å². The Bertz CT molecular complexity index is 819. The summed E-state index contributed by atoms with van der Waals surface area (Å²) in [4.78, 5) is 25.6. The van der Waals surface area contributed by atoms with Crippen molar-refractivity contribution < 1.29 is 23.1 Å². The van der Waals surface area contributed by atoms with Crippen LogP contribution in [0.25, 0.3) is 0 Å². The first-order valence-electron chi connectivity index (χ1n) is 8.16. The van der Waals surface area contributed by atoms with Crippen molar-refractivity contribution in [3.8, 4) is 5.75 Å². The van der Waals surface area contributed by atoms with Gasteiger partial charge in [-0.15, -0.1) is 0 Å². The van der Waals surface area contributed by atoms with Crippen molar-refractivity contribution in [1.29, 1.82) is 0 Å². The van der Waals surface area contributed by atoms with Gasteiger partial charge in [0.05, 0.1) is 23.4 Å². The fourth-order valence-electron chi connectivity index (χ4n) is 3.10. The third-order valence-corrected chi connectivity index (χ3v) is 4.72. The standard InChI is InChI=1S/C19H15F2NO3/c20-15-8-12(9-16(21)17(15)25-10-11-4-3-5-11)22-18(23)13-6-1-2-7-14(13)19(22)24/h1-2,6-9,11H,3-5,10H2. The van der Waals surface area contributed by atoms with Crippen LogP contribution in [0.5, 0.6) is 5.75 Å². The van der Waals surface area contributed by atoms with E-state index in [1.54, 1.807) is 12.1 Å². The normalized spacial score (nSPS) is 16.8. The molecule has 2 aromatic carbocycles. The predicted molar refractivity (Wildman–Crippen MR) is 86.8 cm³/mol. The van der Waals surface area contributed by atoms with E-state index in [1.165, 1.54) is 12.1 Å². The van der Waals surface area contributed by atoms with Crippen molar-refractivity contribution in [1.82, 2.24) is 0 Å². The van der Waals surface area contributed by atoms with Crippen LogP contribution in [0.2, 0.25) is 0 Å². The molecular formula is C19H15F2NO3. The molecule has 2 amide bonds. The van der Waals surface area contributed by atoms with E-state index in [4.69, 9.17) is 4.74 Å². The van der Waals surface area contributed by atoms with Crippen LogP contribution in [-0.4, -0.2) is 18.4 Å². The zero-order valence-electron chi connectivity index (χ0n) is 13.3. The van der Waals surface area contributed by atoms with Gasteiger partial charge in [0.25, 0.3) is 11.8 Å². The lowest BCUT2D eigenvalue weighted by Crippen LogP contribution is -2.29. The number of imide groups is 1. The minimum absolute atomic E-state index is 0.141. The number of anilines is 1. The summed E-state index contributed by atoms with van der Waals surface area (Å²) in [6, 6.07) is 8.20. The number of amides is 2. The van der Waals surface area contributed by atoms with Crippen molar-refractivity contribution >= 4 is 17.5 Å². The van der Waals surface area contributed by atoms with Crippen LogP contribution in [-0.2, 0) is 0 Å². The van der Waals surface area contributed by atoms with E-state index >= 15 is 0 Å². The molecule has 0 unspecified atom stereocenters. The number of hydrogen-bond acceptors (Lipinski definition) is 3. The van der Waals surface area contributed by atoms with Gasteiger partial charge in [0.1, 0.15) is 0 Å². The predicted octanol–water partition coefficient (Wildman–Crippen LogP) is 3.94. The van der Waals surface area contributed by atoms with Gasteiger partial charge in [-0.2, -0.15) is 0 Å². The third kappa shape index (κ3) is 2.58.